The van der Waals surface area contributed by atoms with Crippen LogP contribution in [-0.2, 0) is 0 Å². The first-order valence-electron chi connectivity index (χ1n) is 6.30. The van der Waals surface area contributed by atoms with Gasteiger partial charge in [0, 0.05) is 44.7 Å². The standard InChI is InChI=1S/C16H14BrN3/c1-10-8-11(2-3-14(10)17)20-16-5-4-15(18)13-9-19-7-6-12(13)16/h2-9,20H,18H2,1H3. The zero-order valence-corrected chi connectivity index (χ0v) is 12.6. The third-order valence-corrected chi connectivity index (χ3v) is 4.18. The molecule has 0 amide bonds. The average Bonchev–Trinajstić information content (AvgIpc) is 2.46. The van der Waals surface area contributed by atoms with Gasteiger partial charge in [0.25, 0.3) is 0 Å². The molecule has 2 aromatic carbocycles. The Balaban J connectivity index is 2.06. The molecule has 3 N–H and O–H groups in total. The number of nitrogen functional groups attached to an aromatic ring is 1. The molecule has 3 aromatic rings. The van der Waals surface area contributed by atoms with Crippen molar-refractivity contribution in [3.05, 3.63) is 58.8 Å². The molecule has 0 radical (unpaired) electrons. The van der Waals surface area contributed by atoms with Crippen LogP contribution in [0.5, 0.6) is 0 Å². The van der Waals surface area contributed by atoms with Gasteiger partial charge in [-0.25, -0.2) is 0 Å². The smallest absolute Gasteiger partial charge is 0.0466 e. The highest BCUT2D eigenvalue weighted by Crippen LogP contribution is 2.30. The van der Waals surface area contributed by atoms with Crippen LogP contribution in [0.25, 0.3) is 10.8 Å². The van der Waals surface area contributed by atoms with Gasteiger partial charge in [-0.1, -0.05) is 15.9 Å². The van der Waals surface area contributed by atoms with Gasteiger partial charge in [-0.05, 0) is 48.9 Å². The van der Waals surface area contributed by atoms with Crippen LogP contribution >= 0.6 is 15.9 Å². The van der Waals surface area contributed by atoms with E-state index in [1.165, 1.54) is 5.56 Å². The number of hydrogen-bond acceptors (Lipinski definition) is 3. The van der Waals surface area contributed by atoms with Crippen molar-refractivity contribution in [1.82, 2.24) is 4.98 Å². The van der Waals surface area contributed by atoms with Gasteiger partial charge in [-0.15, -0.1) is 0 Å². The van der Waals surface area contributed by atoms with Crippen LogP contribution in [-0.4, -0.2) is 4.98 Å². The molecule has 0 unspecified atom stereocenters. The molecule has 0 aliphatic rings. The van der Waals surface area contributed by atoms with Gasteiger partial charge < -0.3 is 11.1 Å². The molecule has 0 saturated carbocycles. The number of hydrogen-bond donors (Lipinski definition) is 2. The summed E-state index contributed by atoms with van der Waals surface area (Å²) in [5.74, 6) is 0. The first-order valence-corrected chi connectivity index (χ1v) is 7.10. The average molecular weight is 328 g/mol. The highest BCUT2D eigenvalue weighted by Gasteiger charge is 2.05. The van der Waals surface area contributed by atoms with Crippen molar-refractivity contribution in [2.75, 3.05) is 11.1 Å². The Morgan fingerprint density at radius 2 is 1.95 bits per heavy atom. The maximum Gasteiger partial charge on any atom is 0.0466 e. The molecule has 3 rings (SSSR count). The second kappa shape index (κ2) is 5.13. The Bertz CT molecular complexity index is 784. The number of nitrogens with zero attached hydrogens (tertiary/aromatic N) is 1. The summed E-state index contributed by atoms with van der Waals surface area (Å²) in [6.45, 7) is 2.07. The minimum absolute atomic E-state index is 0.741. The molecular weight excluding hydrogens is 314 g/mol. The quantitative estimate of drug-likeness (QED) is 0.674. The highest BCUT2D eigenvalue weighted by atomic mass is 79.9. The number of nitrogens with two attached hydrogens (primary N) is 1. The number of fused-ring (bicyclic) bond motifs is 1. The van der Waals surface area contributed by atoms with Crippen molar-refractivity contribution in [3.8, 4) is 0 Å². The van der Waals surface area contributed by atoms with Gasteiger partial charge in [0.1, 0.15) is 0 Å². The Labute approximate surface area is 126 Å². The lowest BCUT2D eigenvalue weighted by molar-refractivity contribution is 1.36. The van der Waals surface area contributed by atoms with Gasteiger partial charge >= 0.3 is 0 Å². The number of pyridine rings is 1. The summed E-state index contributed by atoms with van der Waals surface area (Å²) in [5, 5.41) is 5.47. The number of aromatic nitrogens is 1. The Kier molecular flexibility index (Phi) is 3.32. The number of nitrogens with one attached hydrogen (secondary N) is 1. The molecule has 0 spiro atoms. The summed E-state index contributed by atoms with van der Waals surface area (Å²) >= 11 is 3.51. The van der Waals surface area contributed by atoms with E-state index >= 15 is 0 Å². The molecule has 1 aromatic heterocycles. The summed E-state index contributed by atoms with van der Waals surface area (Å²) in [6, 6.07) is 12.1. The van der Waals surface area contributed by atoms with Crippen LogP contribution in [0.1, 0.15) is 5.56 Å². The van der Waals surface area contributed by atoms with E-state index in [0.717, 1.165) is 32.3 Å². The lowest BCUT2D eigenvalue weighted by atomic mass is 10.1. The van der Waals surface area contributed by atoms with Crippen molar-refractivity contribution in [3.63, 3.8) is 0 Å². The van der Waals surface area contributed by atoms with Gasteiger partial charge in [-0.2, -0.15) is 0 Å². The number of rotatable bonds is 2. The SMILES string of the molecule is Cc1cc(Nc2ccc(N)c3cnccc23)ccc1Br. The molecule has 0 bridgehead atoms. The van der Waals surface area contributed by atoms with Crippen LogP contribution in [0.3, 0.4) is 0 Å². The fourth-order valence-corrected chi connectivity index (χ4v) is 2.45. The Morgan fingerprint density at radius 1 is 1.10 bits per heavy atom. The van der Waals surface area contributed by atoms with Crippen molar-refractivity contribution in [1.29, 1.82) is 0 Å². The number of benzene rings is 2. The summed E-state index contributed by atoms with van der Waals surface area (Å²) in [4.78, 5) is 4.13. The summed E-state index contributed by atoms with van der Waals surface area (Å²) < 4.78 is 1.11. The van der Waals surface area contributed by atoms with Crippen molar-refractivity contribution in [2.45, 2.75) is 6.92 Å². The third kappa shape index (κ3) is 2.34. The predicted octanol–water partition coefficient (Wildman–Crippen LogP) is 4.63. The van der Waals surface area contributed by atoms with Gasteiger partial charge in [0.2, 0.25) is 0 Å². The monoisotopic (exact) mass is 327 g/mol. The van der Waals surface area contributed by atoms with E-state index < -0.39 is 0 Å². The molecule has 100 valence electrons. The maximum absolute atomic E-state index is 5.99. The second-order valence-corrected chi connectivity index (χ2v) is 5.57. The Morgan fingerprint density at radius 3 is 2.75 bits per heavy atom. The van der Waals surface area contributed by atoms with Crippen LogP contribution in [0.15, 0.2) is 53.3 Å². The van der Waals surface area contributed by atoms with E-state index in [2.05, 4.69) is 39.2 Å². The second-order valence-electron chi connectivity index (χ2n) is 4.71. The van der Waals surface area contributed by atoms with Gasteiger partial charge in [0.15, 0.2) is 0 Å². The summed E-state index contributed by atoms with van der Waals surface area (Å²) in [7, 11) is 0. The first kappa shape index (κ1) is 12.9. The van der Waals surface area contributed by atoms with Crippen LogP contribution in [0, 0.1) is 6.92 Å². The van der Waals surface area contributed by atoms with E-state index in [-0.39, 0.29) is 0 Å². The molecule has 0 saturated heterocycles. The van der Waals surface area contributed by atoms with E-state index in [9.17, 15) is 0 Å². The van der Waals surface area contributed by atoms with E-state index in [4.69, 9.17) is 5.73 Å². The predicted molar refractivity (Wildman–Crippen MR) is 88.3 cm³/mol. The van der Waals surface area contributed by atoms with Gasteiger partial charge in [-0.3, -0.25) is 4.98 Å². The molecule has 4 heteroatoms. The number of anilines is 3. The minimum Gasteiger partial charge on any atom is -0.398 e. The number of aryl methyl sites for hydroxylation is 1. The lowest BCUT2D eigenvalue weighted by Gasteiger charge is -2.12. The maximum atomic E-state index is 5.99. The molecule has 20 heavy (non-hydrogen) atoms. The van der Waals surface area contributed by atoms with Crippen molar-refractivity contribution >= 4 is 43.8 Å². The summed E-state index contributed by atoms with van der Waals surface area (Å²) in [5.41, 5.74) is 10.00. The lowest BCUT2D eigenvalue weighted by Crippen LogP contribution is -1.95. The van der Waals surface area contributed by atoms with E-state index in [1.54, 1.807) is 12.4 Å². The molecular formula is C16H14BrN3. The summed E-state index contributed by atoms with van der Waals surface area (Å²) in [6.07, 6.45) is 3.57. The highest BCUT2D eigenvalue weighted by molar-refractivity contribution is 9.10. The molecule has 0 fully saturated rings. The molecule has 3 nitrogen and oxygen atoms in total. The fraction of sp³-hybridized carbons (Fsp3) is 0.0625. The zero-order valence-electron chi connectivity index (χ0n) is 11.0. The van der Waals surface area contributed by atoms with Gasteiger partial charge in [0.05, 0.1) is 0 Å². The zero-order chi connectivity index (χ0) is 14.1. The largest absolute Gasteiger partial charge is 0.398 e. The first-order chi connectivity index (χ1) is 9.65. The van der Waals surface area contributed by atoms with Crippen molar-refractivity contribution < 1.29 is 0 Å². The fourth-order valence-electron chi connectivity index (χ4n) is 2.20. The van der Waals surface area contributed by atoms with Crippen LogP contribution in [0.2, 0.25) is 0 Å². The Hall–Kier alpha value is -2.07. The molecule has 0 aliphatic carbocycles. The third-order valence-electron chi connectivity index (χ3n) is 3.29. The van der Waals surface area contributed by atoms with Crippen LogP contribution in [0.4, 0.5) is 17.1 Å². The normalized spacial score (nSPS) is 10.7. The molecule has 1 heterocycles. The van der Waals surface area contributed by atoms with E-state index in [0.29, 0.717) is 0 Å². The number of halogens is 1. The molecule has 0 aliphatic heterocycles. The molecule has 0 atom stereocenters. The topological polar surface area (TPSA) is 50.9 Å². The minimum atomic E-state index is 0.741. The van der Waals surface area contributed by atoms with E-state index in [1.807, 2.05) is 30.3 Å². The van der Waals surface area contributed by atoms with Crippen molar-refractivity contribution in [2.24, 2.45) is 0 Å². The van der Waals surface area contributed by atoms with Crippen LogP contribution < -0.4 is 11.1 Å².